The van der Waals surface area contributed by atoms with Crippen LogP contribution in [-0.2, 0) is 14.3 Å². The molecule has 5 heteroatoms. The van der Waals surface area contributed by atoms with Gasteiger partial charge in [0, 0.05) is 6.92 Å². The van der Waals surface area contributed by atoms with Gasteiger partial charge in [-0.25, -0.2) is 0 Å². The van der Waals surface area contributed by atoms with Gasteiger partial charge in [-0.05, 0) is 75.8 Å². The number of ether oxygens (including phenoxy) is 2. The molecule has 1 rings (SSSR count). The van der Waals surface area contributed by atoms with Gasteiger partial charge >= 0.3 is 11.9 Å². The van der Waals surface area contributed by atoms with Crippen molar-refractivity contribution in [3.63, 3.8) is 0 Å². The van der Waals surface area contributed by atoms with Gasteiger partial charge in [-0.2, -0.15) is 0 Å². The average Bonchev–Trinajstić information content (AvgIpc) is 2.51. The van der Waals surface area contributed by atoms with Crippen LogP contribution in [0.2, 0.25) is 0 Å². The molecular weight excluding hydrogens is 320 g/mol. The molecule has 25 heavy (non-hydrogen) atoms. The topological polar surface area (TPSA) is 72.8 Å². The van der Waals surface area contributed by atoms with E-state index in [2.05, 4.69) is 0 Å². The fourth-order valence-corrected chi connectivity index (χ4v) is 2.68. The Kier molecular flexibility index (Phi) is 7.46. The van der Waals surface area contributed by atoms with Crippen LogP contribution in [-0.4, -0.2) is 23.7 Å². The van der Waals surface area contributed by atoms with E-state index in [1.54, 1.807) is 13.8 Å². The van der Waals surface area contributed by atoms with Crippen LogP contribution < -0.4 is 4.74 Å². The maximum Gasteiger partial charge on any atom is 0.309 e. The van der Waals surface area contributed by atoms with E-state index in [1.165, 1.54) is 6.92 Å². The number of aliphatic carboxylic acids is 1. The fraction of sp³-hybridized carbons (Fsp3) is 0.600. The van der Waals surface area contributed by atoms with Crippen molar-refractivity contribution in [3.05, 3.63) is 28.8 Å². The van der Waals surface area contributed by atoms with E-state index < -0.39 is 11.4 Å². The van der Waals surface area contributed by atoms with E-state index in [0.29, 0.717) is 25.9 Å². The predicted octanol–water partition coefficient (Wildman–Crippen LogP) is 4.59. The molecule has 0 bridgehead atoms. The van der Waals surface area contributed by atoms with Gasteiger partial charge in [0.15, 0.2) is 0 Å². The zero-order chi connectivity index (χ0) is 19.2. The van der Waals surface area contributed by atoms with Crippen LogP contribution in [0.5, 0.6) is 5.75 Å². The molecule has 1 atom stereocenters. The third kappa shape index (κ3) is 6.07. The van der Waals surface area contributed by atoms with Gasteiger partial charge in [-0.3, -0.25) is 9.59 Å². The standard InChI is InChI=1S/C20H30O5/c1-7-17(25-15(4)21)16-11-14(3)18(12-13(16)2)24-10-8-9-20(5,6)19(22)23/h11-12,17H,7-10H2,1-6H3,(H,22,23). The Morgan fingerprint density at radius 2 is 1.84 bits per heavy atom. The molecule has 0 aliphatic carbocycles. The molecule has 5 nitrogen and oxygen atoms in total. The summed E-state index contributed by atoms with van der Waals surface area (Å²) in [4.78, 5) is 22.4. The van der Waals surface area contributed by atoms with E-state index in [4.69, 9.17) is 14.6 Å². The molecule has 0 amide bonds. The van der Waals surface area contributed by atoms with Crippen LogP contribution in [0.3, 0.4) is 0 Å². The monoisotopic (exact) mass is 350 g/mol. The lowest BCUT2D eigenvalue weighted by Gasteiger charge is -2.21. The highest BCUT2D eigenvalue weighted by molar-refractivity contribution is 5.73. The number of carboxylic acids is 1. The van der Waals surface area contributed by atoms with E-state index in [9.17, 15) is 9.59 Å². The lowest BCUT2D eigenvalue weighted by molar-refractivity contribution is -0.148. The first kappa shape index (κ1) is 21.0. The van der Waals surface area contributed by atoms with Gasteiger partial charge < -0.3 is 14.6 Å². The molecule has 0 fully saturated rings. The second kappa shape index (κ2) is 8.88. The first-order valence-electron chi connectivity index (χ1n) is 8.73. The SMILES string of the molecule is CCC(OC(C)=O)c1cc(C)c(OCCCC(C)(C)C(=O)O)cc1C. The molecule has 1 aromatic rings. The van der Waals surface area contributed by atoms with Gasteiger partial charge in [-0.1, -0.05) is 6.92 Å². The number of hydrogen-bond acceptors (Lipinski definition) is 4. The molecule has 0 heterocycles. The van der Waals surface area contributed by atoms with Crippen molar-refractivity contribution >= 4 is 11.9 Å². The largest absolute Gasteiger partial charge is 0.493 e. The molecule has 0 saturated heterocycles. The van der Waals surface area contributed by atoms with Crippen molar-refractivity contribution in [1.29, 1.82) is 0 Å². The predicted molar refractivity (Wildman–Crippen MR) is 96.9 cm³/mol. The van der Waals surface area contributed by atoms with Crippen molar-refractivity contribution in [1.82, 2.24) is 0 Å². The lowest BCUT2D eigenvalue weighted by Crippen LogP contribution is -2.24. The lowest BCUT2D eigenvalue weighted by atomic mass is 9.88. The van der Waals surface area contributed by atoms with Crippen LogP contribution in [0.25, 0.3) is 0 Å². The second-order valence-corrected chi connectivity index (χ2v) is 7.12. The highest BCUT2D eigenvalue weighted by atomic mass is 16.5. The molecule has 0 aliphatic rings. The Morgan fingerprint density at radius 3 is 2.36 bits per heavy atom. The molecule has 140 valence electrons. The highest BCUT2D eigenvalue weighted by Gasteiger charge is 2.26. The molecular formula is C20H30O5. The molecule has 1 N–H and O–H groups in total. The number of carboxylic acid groups (broad SMARTS) is 1. The number of hydrogen-bond donors (Lipinski definition) is 1. The molecule has 1 unspecified atom stereocenters. The molecule has 0 spiro atoms. The van der Waals surface area contributed by atoms with Crippen LogP contribution in [0, 0.1) is 19.3 Å². The summed E-state index contributed by atoms with van der Waals surface area (Å²) in [7, 11) is 0. The summed E-state index contributed by atoms with van der Waals surface area (Å²) in [6.07, 6.45) is 1.69. The first-order valence-corrected chi connectivity index (χ1v) is 8.73. The van der Waals surface area contributed by atoms with Crippen molar-refractivity contribution in [2.75, 3.05) is 6.61 Å². The zero-order valence-corrected chi connectivity index (χ0v) is 16.1. The third-order valence-corrected chi connectivity index (χ3v) is 4.37. The van der Waals surface area contributed by atoms with Gasteiger partial charge in [0.05, 0.1) is 12.0 Å². The van der Waals surface area contributed by atoms with Crippen LogP contribution in [0.1, 0.15) is 69.8 Å². The fourth-order valence-electron chi connectivity index (χ4n) is 2.68. The summed E-state index contributed by atoms with van der Waals surface area (Å²) in [5.74, 6) is -0.294. The second-order valence-electron chi connectivity index (χ2n) is 7.12. The van der Waals surface area contributed by atoms with Crippen molar-refractivity contribution in [3.8, 4) is 5.75 Å². The van der Waals surface area contributed by atoms with Gasteiger partial charge in [0.25, 0.3) is 0 Å². The Balaban J connectivity index is 2.76. The van der Waals surface area contributed by atoms with Gasteiger partial charge in [-0.15, -0.1) is 0 Å². The maximum atomic E-state index is 11.3. The Bertz CT molecular complexity index is 619. The highest BCUT2D eigenvalue weighted by Crippen LogP contribution is 2.31. The molecule has 0 aliphatic heterocycles. The van der Waals surface area contributed by atoms with Crippen molar-refractivity contribution in [2.45, 2.75) is 66.9 Å². The Hall–Kier alpha value is -2.04. The molecule has 0 aromatic heterocycles. The normalized spacial score (nSPS) is 12.6. The van der Waals surface area contributed by atoms with Crippen molar-refractivity contribution < 1.29 is 24.2 Å². The summed E-state index contributed by atoms with van der Waals surface area (Å²) in [5, 5.41) is 9.13. The first-order chi connectivity index (χ1) is 11.6. The van der Waals surface area contributed by atoms with Crippen molar-refractivity contribution in [2.24, 2.45) is 5.41 Å². The van der Waals surface area contributed by atoms with Crippen LogP contribution in [0.4, 0.5) is 0 Å². The third-order valence-electron chi connectivity index (χ3n) is 4.37. The number of esters is 1. The number of rotatable bonds is 9. The summed E-state index contributed by atoms with van der Waals surface area (Å²) >= 11 is 0. The minimum Gasteiger partial charge on any atom is -0.493 e. The number of aryl methyl sites for hydroxylation is 2. The van der Waals surface area contributed by atoms with Gasteiger partial charge in [0.1, 0.15) is 11.9 Å². The Labute approximate surface area is 150 Å². The smallest absolute Gasteiger partial charge is 0.309 e. The molecule has 0 saturated carbocycles. The minimum atomic E-state index is -0.792. The Morgan fingerprint density at radius 1 is 1.20 bits per heavy atom. The van der Waals surface area contributed by atoms with Gasteiger partial charge in [0.2, 0.25) is 0 Å². The molecule has 0 radical (unpaired) electrons. The van der Waals surface area contributed by atoms with E-state index in [0.717, 1.165) is 22.4 Å². The average molecular weight is 350 g/mol. The molecule has 1 aromatic carbocycles. The summed E-state index contributed by atoms with van der Waals surface area (Å²) in [5.41, 5.74) is 2.24. The van der Waals surface area contributed by atoms with E-state index in [1.807, 2.05) is 32.9 Å². The van der Waals surface area contributed by atoms with E-state index >= 15 is 0 Å². The van der Waals surface area contributed by atoms with Crippen LogP contribution in [0.15, 0.2) is 12.1 Å². The van der Waals surface area contributed by atoms with Crippen LogP contribution >= 0.6 is 0 Å². The van der Waals surface area contributed by atoms with E-state index in [-0.39, 0.29) is 12.1 Å². The summed E-state index contributed by atoms with van der Waals surface area (Å²) in [6, 6.07) is 3.96. The number of carbonyl (C=O) groups is 2. The summed E-state index contributed by atoms with van der Waals surface area (Å²) < 4.78 is 11.2. The maximum absolute atomic E-state index is 11.3. The quantitative estimate of drug-likeness (QED) is 0.521. The summed E-state index contributed by atoms with van der Waals surface area (Å²) in [6.45, 7) is 11.2. The number of benzene rings is 1. The minimum absolute atomic E-state index is 0.249. The number of carbonyl (C=O) groups excluding carboxylic acids is 1. The zero-order valence-electron chi connectivity index (χ0n) is 16.1.